The van der Waals surface area contributed by atoms with E-state index in [2.05, 4.69) is 0 Å². The topological polar surface area (TPSA) is 52.6 Å². The van der Waals surface area contributed by atoms with E-state index in [0.717, 1.165) is 10.4 Å². The van der Waals surface area contributed by atoms with Crippen molar-refractivity contribution >= 4 is 31.4 Å². The van der Waals surface area contributed by atoms with E-state index < -0.39 is 26.6 Å². The molecule has 0 saturated heterocycles. The Morgan fingerprint density at radius 1 is 0.885 bits per heavy atom. The van der Waals surface area contributed by atoms with E-state index in [0.29, 0.717) is 0 Å². The van der Waals surface area contributed by atoms with Crippen LogP contribution in [0.25, 0.3) is 0 Å². The molecule has 0 spiro atoms. The van der Waals surface area contributed by atoms with Gasteiger partial charge in [-0.2, -0.15) is 0 Å². The van der Waals surface area contributed by atoms with E-state index in [1.165, 1.54) is 6.08 Å². The maximum atomic E-state index is 12.4. The molecule has 0 aliphatic rings. The van der Waals surface area contributed by atoms with Gasteiger partial charge >= 0.3 is 21.0 Å². The van der Waals surface area contributed by atoms with Gasteiger partial charge in [-0.25, -0.2) is 9.59 Å². The predicted octanol–water partition coefficient (Wildman–Crippen LogP) is 2.36. The van der Waals surface area contributed by atoms with Gasteiger partial charge in [0.15, 0.2) is 0 Å². The maximum absolute atomic E-state index is 12.4. The Hall–Kier alpha value is -2.66. The summed E-state index contributed by atoms with van der Waals surface area (Å²) in [7, 11) is -2.19. The monoisotopic (exact) mass is 368 g/mol. The number of hydrogen-bond donors (Lipinski definition) is 0. The average molecular weight is 369 g/mol. The summed E-state index contributed by atoms with van der Waals surface area (Å²) < 4.78 is 11.1. The molecule has 2 aromatic carbocycles. The lowest BCUT2D eigenvalue weighted by Gasteiger charge is -2.20. The highest BCUT2D eigenvalue weighted by Crippen LogP contribution is 2.10. The van der Waals surface area contributed by atoms with E-state index in [1.807, 2.05) is 60.7 Å². The Kier molecular flexibility index (Phi) is 6.52. The Morgan fingerprint density at radius 3 is 1.77 bits per heavy atom. The first-order chi connectivity index (χ1) is 12.3. The van der Waals surface area contributed by atoms with Crippen LogP contribution < -0.4 is 10.4 Å². The normalized spacial score (nSPS) is 12.0. The van der Waals surface area contributed by atoms with Crippen molar-refractivity contribution in [3.8, 4) is 0 Å². The van der Waals surface area contributed by atoms with Gasteiger partial charge in [0.25, 0.3) is 0 Å². The summed E-state index contributed by atoms with van der Waals surface area (Å²) in [5.41, 5.74) is -0.389. The zero-order chi connectivity index (χ0) is 19.2. The fourth-order valence-corrected chi connectivity index (χ4v) is 4.43. The molecule has 2 rings (SSSR count). The van der Waals surface area contributed by atoms with Crippen LogP contribution in [0.5, 0.6) is 0 Å². The number of rotatable bonds is 5. The molecule has 0 heterocycles. The minimum Gasteiger partial charge on any atom is -0.510 e. The number of hydrogen-bond acceptors (Lipinski definition) is 4. The summed E-state index contributed by atoms with van der Waals surface area (Å²) in [4.78, 5) is 24.4. The molecule has 5 heteroatoms. The smallest absolute Gasteiger partial charge is 0.334 e. The van der Waals surface area contributed by atoms with Crippen molar-refractivity contribution in [1.29, 1.82) is 0 Å². The van der Waals surface area contributed by atoms with E-state index in [4.69, 9.17) is 9.16 Å². The quantitative estimate of drug-likeness (QED) is 0.462. The molecule has 0 N–H and O–H groups in total. The van der Waals surface area contributed by atoms with Crippen LogP contribution in [0.15, 0.2) is 72.3 Å². The molecule has 0 aliphatic carbocycles. The van der Waals surface area contributed by atoms with Crippen LogP contribution in [0.1, 0.15) is 27.7 Å². The van der Waals surface area contributed by atoms with Crippen molar-refractivity contribution in [2.75, 3.05) is 0 Å². The molecule has 0 fully saturated rings. The summed E-state index contributed by atoms with van der Waals surface area (Å²) >= 11 is 0. The minimum absolute atomic E-state index is 0.221. The molecular weight excluding hydrogens is 344 g/mol. The van der Waals surface area contributed by atoms with Gasteiger partial charge in [-0.15, -0.1) is 0 Å². The summed E-state index contributed by atoms with van der Waals surface area (Å²) in [5, 5.41) is 1.99. The lowest BCUT2D eigenvalue weighted by molar-refractivity contribution is -0.150. The van der Waals surface area contributed by atoms with Crippen molar-refractivity contribution in [3.63, 3.8) is 0 Å². The lowest BCUT2D eigenvalue weighted by atomic mass is 10.2. The molecule has 0 saturated carbocycles. The third-order valence-electron chi connectivity index (χ3n) is 3.49. The van der Waals surface area contributed by atoms with Crippen LogP contribution in [-0.4, -0.2) is 26.6 Å². The van der Waals surface area contributed by atoms with Gasteiger partial charge in [0.05, 0.1) is 0 Å². The number of benzene rings is 2. The van der Waals surface area contributed by atoms with Gasteiger partial charge in [0.2, 0.25) is 0 Å². The zero-order valence-electron chi connectivity index (χ0n) is 15.6. The molecule has 4 nitrogen and oxygen atoms in total. The molecule has 0 unspecified atom stereocenters. The van der Waals surface area contributed by atoms with Gasteiger partial charge in [0, 0.05) is 11.6 Å². The Balaban J connectivity index is 2.19. The Bertz CT molecular complexity index is 737. The van der Waals surface area contributed by atoms with Crippen molar-refractivity contribution in [2.45, 2.75) is 33.3 Å². The highest BCUT2D eigenvalue weighted by molar-refractivity contribution is 6.81. The molecule has 0 aromatic heterocycles. The molecule has 0 aliphatic heterocycles. The zero-order valence-corrected chi connectivity index (χ0v) is 16.7. The average Bonchev–Trinajstić information content (AvgIpc) is 2.59. The first kappa shape index (κ1) is 19.7. The highest BCUT2D eigenvalue weighted by atomic mass is 28.3. The van der Waals surface area contributed by atoms with Crippen molar-refractivity contribution in [1.82, 2.24) is 0 Å². The second-order valence-corrected chi connectivity index (χ2v) is 9.30. The maximum Gasteiger partial charge on any atom is 0.334 e. The SMILES string of the molecule is C/C(=C\C(=O)O[SiH](c1ccccc1)c1ccccc1)C(=O)OC(C)(C)C. The van der Waals surface area contributed by atoms with Crippen LogP contribution in [0, 0.1) is 0 Å². The Morgan fingerprint density at radius 2 is 1.35 bits per heavy atom. The van der Waals surface area contributed by atoms with Gasteiger partial charge in [0.1, 0.15) is 5.60 Å². The first-order valence-corrected chi connectivity index (χ1v) is 10.1. The summed E-state index contributed by atoms with van der Waals surface area (Å²) in [6.45, 7) is 6.90. The van der Waals surface area contributed by atoms with Crippen molar-refractivity contribution in [3.05, 3.63) is 72.3 Å². The van der Waals surface area contributed by atoms with Gasteiger partial charge in [-0.1, -0.05) is 60.7 Å². The predicted molar refractivity (Wildman–Crippen MR) is 105 cm³/mol. The van der Waals surface area contributed by atoms with Crippen molar-refractivity contribution < 1.29 is 18.8 Å². The fourth-order valence-electron chi connectivity index (χ4n) is 2.33. The van der Waals surface area contributed by atoms with Gasteiger partial charge in [-0.05, 0) is 38.1 Å². The number of carbonyl (C=O) groups is 2. The van der Waals surface area contributed by atoms with Crippen LogP contribution in [0.2, 0.25) is 0 Å². The second-order valence-electron chi connectivity index (χ2n) is 6.97. The number of esters is 1. The fraction of sp³-hybridized carbons (Fsp3) is 0.238. The molecule has 0 amide bonds. The van der Waals surface area contributed by atoms with E-state index in [9.17, 15) is 9.59 Å². The summed E-state index contributed by atoms with van der Waals surface area (Å²) in [6.07, 6.45) is 1.21. The largest absolute Gasteiger partial charge is 0.510 e. The van der Waals surface area contributed by atoms with Gasteiger partial charge in [-0.3, -0.25) is 0 Å². The van der Waals surface area contributed by atoms with E-state index >= 15 is 0 Å². The lowest BCUT2D eigenvalue weighted by Crippen LogP contribution is -2.46. The summed E-state index contributed by atoms with van der Waals surface area (Å²) in [6, 6.07) is 19.4. The van der Waals surface area contributed by atoms with E-state index in [1.54, 1.807) is 27.7 Å². The molecule has 0 radical (unpaired) electrons. The third kappa shape index (κ3) is 6.00. The van der Waals surface area contributed by atoms with E-state index in [-0.39, 0.29) is 5.57 Å². The van der Waals surface area contributed by atoms with Crippen molar-refractivity contribution in [2.24, 2.45) is 0 Å². The molecule has 26 heavy (non-hydrogen) atoms. The van der Waals surface area contributed by atoms with Crippen LogP contribution in [0.3, 0.4) is 0 Å². The number of carbonyl (C=O) groups excluding carboxylic acids is 2. The first-order valence-electron chi connectivity index (χ1n) is 8.48. The molecule has 0 atom stereocenters. The standard InChI is InChI=1S/C21H24O4Si/c1-16(20(23)24-21(2,3)4)15-19(22)25-26(17-11-7-5-8-12-17)18-13-9-6-10-14-18/h5-15,26H,1-4H3/b16-15+. The summed E-state index contributed by atoms with van der Waals surface area (Å²) in [5.74, 6) is -1.05. The van der Waals surface area contributed by atoms with Crippen LogP contribution in [-0.2, 0) is 18.8 Å². The Labute approximate surface area is 156 Å². The second kappa shape index (κ2) is 8.63. The van der Waals surface area contributed by atoms with Crippen LogP contribution in [0.4, 0.5) is 0 Å². The molecule has 0 bridgehead atoms. The molecular formula is C21H24O4Si. The van der Waals surface area contributed by atoms with Gasteiger partial charge < -0.3 is 9.16 Å². The molecule has 136 valence electrons. The third-order valence-corrected chi connectivity index (χ3v) is 5.94. The van der Waals surface area contributed by atoms with Crippen LogP contribution >= 0.6 is 0 Å². The molecule has 2 aromatic rings. The minimum atomic E-state index is -2.19. The highest BCUT2D eigenvalue weighted by Gasteiger charge is 2.22. The number of ether oxygens (including phenoxy) is 1.